The van der Waals surface area contributed by atoms with Gasteiger partial charge in [0.15, 0.2) is 0 Å². The number of rotatable bonds is 6. The summed E-state index contributed by atoms with van der Waals surface area (Å²) in [5, 5.41) is 11.2. The molecular formula is C22H16Cl2N2O2S. The van der Waals surface area contributed by atoms with Crippen LogP contribution in [0.25, 0.3) is 11.3 Å². The summed E-state index contributed by atoms with van der Waals surface area (Å²) < 4.78 is 5.16. The van der Waals surface area contributed by atoms with E-state index in [-0.39, 0.29) is 12.2 Å². The third-order valence-electron chi connectivity index (χ3n) is 4.03. The van der Waals surface area contributed by atoms with Crippen LogP contribution in [0.3, 0.4) is 0 Å². The van der Waals surface area contributed by atoms with Gasteiger partial charge in [-0.15, -0.1) is 11.8 Å². The Labute approximate surface area is 183 Å². The predicted molar refractivity (Wildman–Crippen MR) is 116 cm³/mol. The molecule has 0 saturated heterocycles. The van der Waals surface area contributed by atoms with Crippen molar-refractivity contribution in [3.05, 3.63) is 81.3 Å². The maximum absolute atomic E-state index is 12.5. The molecule has 3 rings (SSSR count). The fraction of sp³-hybridized carbons (Fsp3) is 0.136. The van der Waals surface area contributed by atoms with E-state index in [2.05, 4.69) is 11.1 Å². The average Bonchev–Trinajstić information content (AvgIpc) is 2.73. The van der Waals surface area contributed by atoms with Crippen molar-refractivity contribution in [2.24, 2.45) is 0 Å². The van der Waals surface area contributed by atoms with Crippen molar-refractivity contribution in [1.82, 2.24) is 4.98 Å². The van der Waals surface area contributed by atoms with E-state index < -0.39 is 5.97 Å². The number of ether oxygens (including phenoxy) is 1. The van der Waals surface area contributed by atoms with Crippen LogP contribution < -0.4 is 0 Å². The maximum Gasteiger partial charge on any atom is 0.340 e. The molecule has 0 radical (unpaired) electrons. The minimum atomic E-state index is -0.507. The van der Waals surface area contributed by atoms with E-state index >= 15 is 0 Å². The first kappa shape index (κ1) is 21.2. The second kappa shape index (κ2) is 9.80. The lowest BCUT2D eigenvalue weighted by Gasteiger charge is -2.12. The quantitative estimate of drug-likeness (QED) is 0.326. The number of nitriles is 1. The van der Waals surface area contributed by atoms with Crippen molar-refractivity contribution >= 4 is 40.9 Å². The molecule has 29 heavy (non-hydrogen) atoms. The molecule has 1 heterocycles. The van der Waals surface area contributed by atoms with Crippen LogP contribution >= 0.6 is 35.0 Å². The monoisotopic (exact) mass is 442 g/mol. The number of hydrogen-bond acceptors (Lipinski definition) is 5. The normalized spacial score (nSPS) is 10.4. The van der Waals surface area contributed by atoms with E-state index in [1.807, 2.05) is 36.4 Å². The third kappa shape index (κ3) is 5.10. The van der Waals surface area contributed by atoms with Gasteiger partial charge < -0.3 is 4.74 Å². The number of nitrogens with zero attached hydrogens (tertiary/aromatic N) is 2. The van der Waals surface area contributed by atoms with Gasteiger partial charge in [0.2, 0.25) is 0 Å². The summed E-state index contributed by atoms with van der Waals surface area (Å²) in [4.78, 5) is 17.1. The maximum atomic E-state index is 12.5. The van der Waals surface area contributed by atoms with E-state index in [1.54, 1.807) is 25.1 Å². The van der Waals surface area contributed by atoms with Crippen molar-refractivity contribution in [3.8, 4) is 17.3 Å². The molecule has 0 unspecified atom stereocenters. The average molecular weight is 443 g/mol. The molecule has 1 aromatic heterocycles. The van der Waals surface area contributed by atoms with Gasteiger partial charge in [0.25, 0.3) is 0 Å². The third-order valence-corrected chi connectivity index (χ3v) is 5.66. The van der Waals surface area contributed by atoms with Gasteiger partial charge in [-0.25, -0.2) is 9.78 Å². The van der Waals surface area contributed by atoms with Crippen LogP contribution in [0.5, 0.6) is 0 Å². The predicted octanol–water partition coefficient (Wildman–Crippen LogP) is 6.40. The highest BCUT2D eigenvalue weighted by atomic mass is 35.5. The second-order valence-electron chi connectivity index (χ2n) is 5.96. The first-order chi connectivity index (χ1) is 14.0. The molecule has 0 atom stereocenters. The van der Waals surface area contributed by atoms with Crippen LogP contribution in [-0.4, -0.2) is 17.6 Å². The van der Waals surface area contributed by atoms with Crippen molar-refractivity contribution in [1.29, 1.82) is 5.26 Å². The second-order valence-corrected chi connectivity index (χ2v) is 7.77. The Kier molecular flexibility index (Phi) is 7.16. The molecule has 0 aliphatic heterocycles. The van der Waals surface area contributed by atoms with Crippen LogP contribution in [-0.2, 0) is 10.5 Å². The van der Waals surface area contributed by atoms with Gasteiger partial charge >= 0.3 is 5.97 Å². The van der Waals surface area contributed by atoms with Crippen LogP contribution in [0.15, 0.2) is 59.6 Å². The molecular weight excluding hydrogens is 427 g/mol. The zero-order valence-corrected chi connectivity index (χ0v) is 17.8. The van der Waals surface area contributed by atoms with Gasteiger partial charge in [-0.3, -0.25) is 0 Å². The number of aromatic nitrogens is 1. The lowest BCUT2D eigenvalue weighted by molar-refractivity contribution is 0.0526. The number of carbonyl (C=O) groups is 1. The molecule has 7 heteroatoms. The summed E-state index contributed by atoms with van der Waals surface area (Å²) in [5.41, 5.74) is 2.70. The largest absolute Gasteiger partial charge is 0.462 e. The van der Waals surface area contributed by atoms with E-state index in [0.29, 0.717) is 32.1 Å². The van der Waals surface area contributed by atoms with Crippen molar-refractivity contribution in [2.75, 3.05) is 6.61 Å². The highest BCUT2D eigenvalue weighted by Crippen LogP contribution is 2.33. The summed E-state index contributed by atoms with van der Waals surface area (Å²) in [7, 11) is 0. The standard InChI is InChI=1S/C22H16Cl2N2O2S/c1-2-28-22(27)18-10-16(12-25)21(26-20(18)14-6-4-3-5-7-14)29-13-15-8-9-17(23)11-19(15)24/h3-11H,2,13H2,1H3. The lowest BCUT2D eigenvalue weighted by Crippen LogP contribution is -2.09. The molecule has 3 aromatic rings. The number of esters is 1. The highest BCUT2D eigenvalue weighted by molar-refractivity contribution is 7.98. The molecule has 0 bridgehead atoms. The van der Waals surface area contributed by atoms with Gasteiger partial charge in [-0.05, 0) is 30.7 Å². The van der Waals surface area contributed by atoms with Gasteiger partial charge in [0.05, 0.1) is 23.4 Å². The topological polar surface area (TPSA) is 63.0 Å². The van der Waals surface area contributed by atoms with Crippen molar-refractivity contribution < 1.29 is 9.53 Å². The Morgan fingerprint density at radius 1 is 1.17 bits per heavy atom. The summed E-state index contributed by atoms with van der Waals surface area (Å²) >= 11 is 13.6. The minimum absolute atomic E-state index is 0.237. The summed E-state index contributed by atoms with van der Waals surface area (Å²) in [6.45, 7) is 1.97. The van der Waals surface area contributed by atoms with Gasteiger partial charge in [-0.1, -0.05) is 59.6 Å². The zero-order valence-electron chi connectivity index (χ0n) is 15.5. The van der Waals surface area contributed by atoms with Gasteiger partial charge in [-0.2, -0.15) is 5.26 Å². The summed E-state index contributed by atoms with van der Waals surface area (Å²) in [5.74, 6) is -0.00218. The Morgan fingerprint density at radius 2 is 1.93 bits per heavy atom. The van der Waals surface area contributed by atoms with Crippen LogP contribution in [0, 0.1) is 11.3 Å². The number of pyridine rings is 1. The van der Waals surface area contributed by atoms with Crippen molar-refractivity contribution in [2.45, 2.75) is 17.7 Å². The summed E-state index contributed by atoms with van der Waals surface area (Å²) in [6.07, 6.45) is 0. The van der Waals surface area contributed by atoms with Crippen molar-refractivity contribution in [3.63, 3.8) is 0 Å². The fourth-order valence-corrected chi connectivity index (χ4v) is 4.17. The molecule has 0 aliphatic carbocycles. The van der Waals surface area contributed by atoms with Gasteiger partial charge in [0.1, 0.15) is 11.1 Å². The Hall–Kier alpha value is -2.52. The highest BCUT2D eigenvalue weighted by Gasteiger charge is 2.20. The molecule has 4 nitrogen and oxygen atoms in total. The first-order valence-electron chi connectivity index (χ1n) is 8.78. The smallest absolute Gasteiger partial charge is 0.340 e. The fourth-order valence-electron chi connectivity index (χ4n) is 2.65. The lowest BCUT2D eigenvalue weighted by atomic mass is 10.0. The number of halogens is 2. The first-order valence-corrected chi connectivity index (χ1v) is 10.5. The number of thioether (sulfide) groups is 1. The Morgan fingerprint density at radius 3 is 2.59 bits per heavy atom. The molecule has 0 saturated carbocycles. The number of carbonyl (C=O) groups excluding carboxylic acids is 1. The Bertz CT molecular complexity index is 1080. The number of hydrogen-bond donors (Lipinski definition) is 0. The van der Waals surface area contributed by atoms with E-state index in [9.17, 15) is 10.1 Å². The van der Waals surface area contributed by atoms with E-state index in [1.165, 1.54) is 11.8 Å². The molecule has 0 amide bonds. The molecule has 146 valence electrons. The molecule has 0 spiro atoms. The zero-order chi connectivity index (χ0) is 20.8. The minimum Gasteiger partial charge on any atom is -0.462 e. The number of benzene rings is 2. The molecule has 0 fully saturated rings. The van der Waals surface area contributed by atoms with Crippen LogP contribution in [0.2, 0.25) is 10.0 Å². The van der Waals surface area contributed by atoms with Gasteiger partial charge in [0, 0.05) is 21.4 Å². The molecule has 2 aromatic carbocycles. The van der Waals surface area contributed by atoms with Crippen LogP contribution in [0.1, 0.15) is 28.4 Å². The van der Waals surface area contributed by atoms with Crippen LogP contribution in [0.4, 0.5) is 0 Å². The van der Waals surface area contributed by atoms with E-state index in [0.717, 1.165) is 11.1 Å². The SMILES string of the molecule is CCOC(=O)c1cc(C#N)c(SCc2ccc(Cl)cc2Cl)nc1-c1ccccc1. The summed E-state index contributed by atoms with van der Waals surface area (Å²) in [6, 6.07) is 18.3. The van der Waals surface area contributed by atoms with E-state index in [4.69, 9.17) is 27.9 Å². The molecule has 0 aliphatic rings. The molecule has 0 N–H and O–H groups in total. The Balaban J connectivity index is 2.02.